The van der Waals surface area contributed by atoms with Crippen molar-refractivity contribution in [1.82, 2.24) is 4.90 Å². The molecular formula is C10H14N2. The maximum Gasteiger partial charge on any atom is 0.102 e. The zero-order valence-corrected chi connectivity index (χ0v) is 7.78. The predicted octanol–water partition coefficient (Wildman–Crippen LogP) is 1.60. The first kappa shape index (κ1) is 7.59. The quantitative estimate of drug-likeness (QED) is 0.528. The second-order valence-electron chi connectivity index (χ2n) is 3.68. The van der Waals surface area contributed by atoms with E-state index in [4.69, 9.17) is 0 Å². The van der Waals surface area contributed by atoms with Crippen molar-refractivity contribution in [3.05, 3.63) is 24.3 Å². The summed E-state index contributed by atoms with van der Waals surface area (Å²) in [5.74, 6) is 1.12. The van der Waals surface area contributed by atoms with E-state index in [-0.39, 0.29) is 5.54 Å². The van der Waals surface area contributed by atoms with Crippen LogP contribution in [0.3, 0.4) is 0 Å². The molecule has 2 aliphatic rings. The van der Waals surface area contributed by atoms with Crippen LogP contribution in [0, 0.1) is 0 Å². The maximum absolute atomic E-state index is 4.63. The first-order valence-electron chi connectivity index (χ1n) is 4.29. The van der Waals surface area contributed by atoms with Gasteiger partial charge in [0.15, 0.2) is 0 Å². The largest absolute Gasteiger partial charge is 0.354 e. The topological polar surface area (TPSA) is 15.6 Å². The van der Waals surface area contributed by atoms with Crippen molar-refractivity contribution in [3.63, 3.8) is 0 Å². The summed E-state index contributed by atoms with van der Waals surface area (Å²) >= 11 is 0. The van der Waals surface area contributed by atoms with E-state index in [1.807, 2.05) is 0 Å². The summed E-state index contributed by atoms with van der Waals surface area (Å²) < 4.78 is 0. The summed E-state index contributed by atoms with van der Waals surface area (Å²) in [5, 5.41) is 0. The number of rotatable bonds is 0. The lowest BCUT2D eigenvalue weighted by molar-refractivity contribution is 0.367. The van der Waals surface area contributed by atoms with Gasteiger partial charge >= 0.3 is 0 Å². The molecule has 64 valence electrons. The Morgan fingerprint density at radius 3 is 2.92 bits per heavy atom. The number of nitrogens with zero attached hydrogens (tertiary/aromatic N) is 2. The first-order valence-corrected chi connectivity index (χ1v) is 4.29. The van der Waals surface area contributed by atoms with Crippen molar-refractivity contribution < 1.29 is 0 Å². The molecule has 1 aliphatic heterocycles. The molecular weight excluding hydrogens is 148 g/mol. The van der Waals surface area contributed by atoms with Crippen molar-refractivity contribution >= 4 is 5.84 Å². The maximum atomic E-state index is 4.63. The number of hydrogen-bond acceptors (Lipinski definition) is 2. The second kappa shape index (κ2) is 2.22. The molecule has 1 aliphatic carbocycles. The van der Waals surface area contributed by atoms with E-state index in [0.29, 0.717) is 6.04 Å². The Balaban J connectivity index is 2.42. The van der Waals surface area contributed by atoms with Crippen LogP contribution in [-0.4, -0.2) is 29.4 Å². The molecule has 2 heteroatoms. The van der Waals surface area contributed by atoms with E-state index < -0.39 is 0 Å². The average molecular weight is 162 g/mol. The van der Waals surface area contributed by atoms with E-state index >= 15 is 0 Å². The molecule has 0 spiro atoms. The smallest absolute Gasteiger partial charge is 0.102 e. The van der Waals surface area contributed by atoms with Crippen LogP contribution in [0.2, 0.25) is 0 Å². The Morgan fingerprint density at radius 2 is 2.25 bits per heavy atom. The summed E-state index contributed by atoms with van der Waals surface area (Å²) in [6, 6.07) is 0.419. The number of likely N-dealkylation sites (N-methyl/N-ethyl adjacent to an activating group) is 1. The molecule has 0 saturated carbocycles. The van der Waals surface area contributed by atoms with E-state index in [1.165, 1.54) is 0 Å². The van der Waals surface area contributed by atoms with Gasteiger partial charge < -0.3 is 4.90 Å². The van der Waals surface area contributed by atoms with Crippen LogP contribution in [-0.2, 0) is 0 Å². The number of allylic oxidation sites excluding steroid dienone is 2. The third kappa shape index (κ3) is 0.840. The molecule has 0 fully saturated rings. The van der Waals surface area contributed by atoms with E-state index in [0.717, 1.165) is 5.84 Å². The summed E-state index contributed by atoms with van der Waals surface area (Å²) in [5.41, 5.74) is -0.0203. The SMILES string of the molecule is CC1=NC2(C)C=CC=CC2N1C. The fourth-order valence-corrected chi connectivity index (χ4v) is 1.97. The Morgan fingerprint density at radius 1 is 1.50 bits per heavy atom. The monoisotopic (exact) mass is 162 g/mol. The van der Waals surface area contributed by atoms with Gasteiger partial charge in [0.2, 0.25) is 0 Å². The highest BCUT2D eigenvalue weighted by Crippen LogP contribution is 2.31. The molecule has 0 radical (unpaired) electrons. The van der Waals surface area contributed by atoms with Crippen LogP contribution in [0.1, 0.15) is 13.8 Å². The lowest BCUT2D eigenvalue weighted by Gasteiger charge is -2.30. The summed E-state index contributed by atoms with van der Waals surface area (Å²) in [7, 11) is 2.10. The molecule has 0 aromatic carbocycles. The molecule has 12 heavy (non-hydrogen) atoms. The van der Waals surface area contributed by atoms with Gasteiger partial charge in [-0.1, -0.05) is 24.3 Å². The summed E-state index contributed by atoms with van der Waals surface area (Å²) in [4.78, 5) is 6.85. The lowest BCUT2D eigenvalue weighted by Crippen LogP contribution is -2.41. The lowest BCUT2D eigenvalue weighted by atomic mass is 9.89. The molecule has 0 aromatic heterocycles. The third-order valence-electron chi connectivity index (χ3n) is 2.77. The molecule has 2 atom stereocenters. The first-order chi connectivity index (χ1) is 5.63. The van der Waals surface area contributed by atoms with Gasteiger partial charge in [-0.2, -0.15) is 0 Å². The Bertz CT molecular complexity index is 288. The van der Waals surface area contributed by atoms with E-state index in [9.17, 15) is 0 Å². The van der Waals surface area contributed by atoms with Crippen molar-refractivity contribution in [2.24, 2.45) is 4.99 Å². The fraction of sp³-hybridized carbons (Fsp3) is 0.500. The molecule has 2 rings (SSSR count). The van der Waals surface area contributed by atoms with Gasteiger partial charge in [0, 0.05) is 7.05 Å². The second-order valence-corrected chi connectivity index (χ2v) is 3.68. The highest BCUT2D eigenvalue weighted by Gasteiger charge is 2.39. The van der Waals surface area contributed by atoms with Crippen LogP contribution in [0.15, 0.2) is 29.3 Å². The predicted molar refractivity (Wildman–Crippen MR) is 51.3 cm³/mol. The standard InChI is InChI=1S/C10H14N2/c1-8-11-10(2)7-5-4-6-9(10)12(8)3/h4-7,9H,1-3H3. The number of fused-ring (bicyclic) bond motifs is 1. The van der Waals surface area contributed by atoms with Crippen molar-refractivity contribution in [1.29, 1.82) is 0 Å². The van der Waals surface area contributed by atoms with Crippen molar-refractivity contribution in [2.45, 2.75) is 25.4 Å². The van der Waals surface area contributed by atoms with Crippen LogP contribution < -0.4 is 0 Å². The van der Waals surface area contributed by atoms with Gasteiger partial charge in [0.05, 0.1) is 11.9 Å². The van der Waals surface area contributed by atoms with E-state index in [2.05, 4.69) is 55.1 Å². The van der Waals surface area contributed by atoms with E-state index in [1.54, 1.807) is 0 Å². The molecule has 2 nitrogen and oxygen atoms in total. The van der Waals surface area contributed by atoms with Gasteiger partial charge in [-0.25, -0.2) is 0 Å². The molecule has 0 bridgehead atoms. The highest BCUT2D eigenvalue weighted by molar-refractivity contribution is 5.83. The third-order valence-corrected chi connectivity index (χ3v) is 2.77. The van der Waals surface area contributed by atoms with Crippen LogP contribution in [0.5, 0.6) is 0 Å². The van der Waals surface area contributed by atoms with Crippen molar-refractivity contribution in [3.8, 4) is 0 Å². The normalized spacial score (nSPS) is 38.4. The zero-order chi connectivity index (χ0) is 8.77. The minimum absolute atomic E-state index is 0.0203. The molecule has 2 unspecified atom stereocenters. The summed E-state index contributed by atoms with van der Waals surface area (Å²) in [6.45, 7) is 4.23. The number of amidine groups is 1. The molecule has 0 amide bonds. The van der Waals surface area contributed by atoms with Crippen LogP contribution in [0.25, 0.3) is 0 Å². The van der Waals surface area contributed by atoms with Gasteiger partial charge in [0.1, 0.15) is 5.54 Å². The highest BCUT2D eigenvalue weighted by atomic mass is 15.3. The minimum atomic E-state index is -0.0203. The average Bonchev–Trinajstić information content (AvgIpc) is 2.24. The van der Waals surface area contributed by atoms with Gasteiger partial charge in [-0.3, -0.25) is 4.99 Å². The Kier molecular flexibility index (Phi) is 1.40. The molecule has 0 saturated heterocycles. The van der Waals surface area contributed by atoms with Gasteiger partial charge in [0.25, 0.3) is 0 Å². The fourth-order valence-electron chi connectivity index (χ4n) is 1.97. The zero-order valence-electron chi connectivity index (χ0n) is 7.78. The molecule has 0 aromatic rings. The van der Waals surface area contributed by atoms with Crippen LogP contribution in [0.4, 0.5) is 0 Å². The molecule has 1 heterocycles. The van der Waals surface area contributed by atoms with Gasteiger partial charge in [-0.05, 0) is 13.8 Å². The molecule has 0 N–H and O–H groups in total. The summed E-state index contributed by atoms with van der Waals surface area (Å²) in [6.07, 6.45) is 8.55. The van der Waals surface area contributed by atoms with Crippen LogP contribution >= 0.6 is 0 Å². The van der Waals surface area contributed by atoms with Crippen molar-refractivity contribution in [2.75, 3.05) is 7.05 Å². The number of aliphatic imine (C=N–C) groups is 1. The Hall–Kier alpha value is -1.05. The van der Waals surface area contributed by atoms with Gasteiger partial charge in [-0.15, -0.1) is 0 Å². The number of hydrogen-bond donors (Lipinski definition) is 0. The Labute approximate surface area is 73.3 Å². The minimum Gasteiger partial charge on any atom is -0.354 e.